The highest BCUT2D eigenvalue weighted by Gasteiger charge is 2.36. The Labute approximate surface area is 337 Å². The molecule has 1 aromatic heterocycles. The number of rotatable bonds is 6. The predicted molar refractivity (Wildman–Crippen MR) is 245 cm³/mol. The van der Waals surface area contributed by atoms with Crippen LogP contribution >= 0.6 is 11.3 Å². The molecule has 1 nitrogen and oxygen atoms in total. The molecule has 0 aliphatic heterocycles. The Hall–Kier alpha value is -6.74. The fourth-order valence-corrected chi connectivity index (χ4v) is 10.2. The Morgan fingerprint density at radius 2 is 0.877 bits per heavy atom. The zero-order valence-electron chi connectivity index (χ0n) is 31.9. The highest BCUT2D eigenvalue weighted by molar-refractivity contribution is 7.26. The molecular formula is C55H39NS. The van der Waals surface area contributed by atoms with Crippen LogP contribution in [-0.4, -0.2) is 0 Å². The van der Waals surface area contributed by atoms with Crippen molar-refractivity contribution in [1.29, 1.82) is 0 Å². The fraction of sp³-hybridized carbons (Fsp3) is 0.0545. The van der Waals surface area contributed by atoms with Gasteiger partial charge in [-0.25, -0.2) is 0 Å². The molecule has 0 fully saturated rings. The Morgan fingerprint density at radius 3 is 1.63 bits per heavy atom. The van der Waals surface area contributed by atoms with E-state index in [1.165, 1.54) is 86.6 Å². The van der Waals surface area contributed by atoms with E-state index in [1.54, 1.807) is 0 Å². The molecule has 1 heterocycles. The summed E-state index contributed by atoms with van der Waals surface area (Å²) in [5, 5.41) is 5.31. The summed E-state index contributed by atoms with van der Waals surface area (Å²) in [7, 11) is 0. The van der Waals surface area contributed by atoms with Gasteiger partial charge in [0.25, 0.3) is 0 Å². The Balaban J connectivity index is 0.912. The highest BCUT2D eigenvalue weighted by atomic mass is 32.1. The molecule has 1 aliphatic rings. The third-order valence-electron chi connectivity index (χ3n) is 12.1. The van der Waals surface area contributed by atoms with Gasteiger partial charge in [0.15, 0.2) is 0 Å². The molecule has 0 radical (unpaired) electrons. The van der Waals surface area contributed by atoms with Crippen LogP contribution in [0, 0.1) is 0 Å². The molecule has 0 saturated carbocycles. The number of hydrogen-bond donors (Lipinski definition) is 0. The molecule has 270 valence electrons. The van der Waals surface area contributed by atoms with Gasteiger partial charge in [-0.3, -0.25) is 0 Å². The Bertz CT molecular complexity index is 3120. The second-order valence-electron chi connectivity index (χ2n) is 15.7. The van der Waals surface area contributed by atoms with E-state index in [2.05, 4.69) is 219 Å². The van der Waals surface area contributed by atoms with Gasteiger partial charge in [0, 0.05) is 42.6 Å². The predicted octanol–water partition coefficient (Wildman–Crippen LogP) is 16.0. The molecule has 0 amide bonds. The maximum Gasteiger partial charge on any atom is 0.0465 e. The van der Waals surface area contributed by atoms with Gasteiger partial charge in [0.05, 0.1) is 0 Å². The summed E-state index contributed by atoms with van der Waals surface area (Å²) in [6.45, 7) is 4.74. The lowest BCUT2D eigenvalue weighted by Gasteiger charge is -2.28. The summed E-state index contributed by atoms with van der Waals surface area (Å²) in [5.74, 6) is 0. The average Bonchev–Trinajstić information content (AvgIpc) is 3.76. The number of benzene rings is 9. The molecule has 0 unspecified atom stereocenters. The smallest absolute Gasteiger partial charge is 0.0465 e. The first-order valence-electron chi connectivity index (χ1n) is 19.7. The lowest BCUT2D eigenvalue weighted by atomic mass is 9.81. The van der Waals surface area contributed by atoms with Gasteiger partial charge in [-0.15, -0.1) is 11.3 Å². The molecule has 9 aromatic carbocycles. The lowest BCUT2D eigenvalue weighted by Crippen LogP contribution is -2.16. The maximum absolute atomic E-state index is 2.41. The van der Waals surface area contributed by atoms with Crippen LogP contribution in [0.1, 0.15) is 25.0 Å². The molecule has 1 aliphatic carbocycles. The second-order valence-corrected chi connectivity index (χ2v) is 16.8. The minimum absolute atomic E-state index is 0.137. The van der Waals surface area contributed by atoms with E-state index in [0.29, 0.717) is 0 Å². The maximum atomic E-state index is 2.41. The first-order valence-corrected chi connectivity index (χ1v) is 20.6. The third kappa shape index (κ3) is 5.59. The summed E-state index contributed by atoms with van der Waals surface area (Å²) in [5.41, 5.74) is 16.1. The van der Waals surface area contributed by atoms with Crippen LogP contribution in [0.4, 0.5) is 17.1 Å². The molecule has 0 spiro atoms. The van der Waals surface area contributed by atoms with Crippen molar-refractivity contribution in [3.63, 3.8) is 0 Å². The molecule has 0 bridgehead atoms. The minimum Gasteiger partial charge on any atom is -0.310 e. The van der Waals surface area contributed by atoms with Crippen molar-refractivity contribution in [1.82, 2.24) is 0 Å². The summed E-state index contributed by atoms with van der Waals surface area (Å²) in [4.78, 5) is 2.38. The molecule has 10 aromatic rings. The van der Waals surface area contributed by atoms with Crippen LogP contribution < -0.4 is 4.90 Å². The van der Waals surface area contributed by atoms with Gasteiger partial charge < -0.3 is 4.90 Å². The van der Waals surface area contributed by atoms with E-state index >= 15 is 0 Å². The molecule has 0 N–H and O–H groups in total. The van der Waals surface area contributed by atoms with E-state index in [4.69, 9.17) is 0 Å². The highest BCUT2D eigenvalue weighted by Crippen LogP contribution is 2.51. The molecule has 11 rings (SSSR count). The van der Waals surface area contributed by atoms with E-state index in [9.17, 15) is 0 Å². The van der Waals surface area contributed by atoms with Crippen LogP contribution in [0.25, 0.3) is 75.5 Å². The van der Waals surface area contributed by atoms with Crippen molar-refractivity contribution in [3.05, 3.63) is 211 Å². The zero-order valence-corrected chi connectivity index (χ0v) is 32.7. The van der Waals surface area contributed by atoms with Crippen LogP contribution in [-0.2, 0) is 5.41 Å². The van der Waals surface area contributed by atoms with Crippen molar-refractivity contribution in [2.75, 3.05) is 4.90 Å². The number of para-hydroxylation sites is 1. The van der Waals surface area contributed by atoms with Gasteiger partial charge in [-0.1, -0.05) is 153 Å². The first kappa shape index (κ1) is 33.6. The first-order chi connectivity index (χ1) is 28.0. The van der Waals surface area contributed by atoms with Gasteiger partial charge in [0.1, 0.15) is 0 Å². The number of fused-ring (bicyclic) bond motifs is 8. The fourth-order valence-electron chi connectivity index (χ4n) is 9.08. The van der Waals surface area contributed by atoms with Crippen LogP contribution in [0.15, 0.2) is 200 Å². The number of thiophene rings is 1. The Kier molecular flexibility index (Phi) is 7.77. The van der Waals surface area contributed by atoms with E-state index in [1.807, 2.05) is 11.3 Å². The lowest BCUT2D eigenvalue weighted by molar-refractivity contribution is 0.660. The summed E-state index contributed by atoms with van der Waals surface area (Å²) in [6, 6.07) is 73.7. The van der Waals surface area contributed by atoms with Crippen LogP contribution in [0.3, 0.4) is 0 Å². The Morgan fingerprint density at radius 1 is 0.368 bits per heavy atom. The van der Waals surface area contributed by atoms with Gasteiger partial charge in [-0.2, -0.15) is 0 Å². The van der Waals surface area contributed by atoms with Crippen LogP contribution in [0.2, 0.25) is 0 Å². The molecule has 2 heteroatoms. The van der Waals surface area contributed by atoms with Crippen molar-refractivity contribution in [2.24, 2.45) is 0 Å². The average molecular weight is 746 g/mol. The number of hydrogen-bond acceptors (Lipinski definition) is 2. The number of nitrogens with zero attached hydrogens (tertiary/aromatic N) is 1. The van der Waals surface area contributed by atoms with Crippen molar-refractivity contribution in [3.8, 4) is 44.5 Å². The topological polar surface area (TPSA) is 3.24 Å². The minimum atomic E-state index is -0.137. The third-order valence-corrected chi connectivity index (χ3v) is 13.2. The van der Waals surface area contributed by atoms with E-state index in [-0.39, 0.29) is 5.41 Å². The zero-order chi connectivity index (χ0) is 38.1. The van der Waals surface area contributed by atoms with Crippen molar-refractivity contribution in [2.45, 2.75) is 19.3 Å². The van der Waals surface area contributed by atoms with Crippen LogP contribution in [0.5, 0.6) is 0 Å². The summed E-state index contributed by atoms with van der Waals surface area (Å²) < 4.78 is 2.67. The summed E-state index contributed by atoms with van der Waals surface area (Å²) >= 11 is 1.88. The van der Waals surface area contributed by atoms with Gasteiger partial charge in [-0.05, 0) is 127 Å². The quantitative estimate of drug-likeness (QED) is 0.164. The molecular weight excluding hydrogens is 707 g/mol. The van der Waals surface area contributed by atoms with Gasteiger partial charge in [0.2, 0.25) is 0 Å². The molecule has 0 atom stereocenters. The van der Waals surface area contributed by atoms with E-state index in [0.717, 1.165) is 17.1 Å². The normalized spacial score (nSPS) is 12.9. The largest absolute Gasteiger partial charge is 0.310 e. The standard InChI is InChI=1S/C55H39NS/c1-55(2)50-34-42(36-11-5-3-6-12-36)23-29-47(50)48-30-28-45(35-51(48)55)56(43-14-7-4-8-15-43)44-26-21-38(22-27-44)37-17-19-39(20-18-37)41-25-31-52-49(33-41)54-46-16-10-9-13-40(46)24-32-53(54)57-52/h3-35H,1-2H3. The number of anilines is 3. The van der Waals surface area contributed by atoms with Gasteiger partial charge >= 0.3 is 0 Å². The summed E-state index contributed by atoms with van der Waals surface area (Å²) in [6.07, 6.45) is 0. The molecule has 0 saturated heterocycles. The van der Waals surface area contributed by atoms with Crippen molar-refractivity contribution >= 4 is 59.3 Å². The van der Waals surface area contributed by atoms with E-state index < -0.39 is 0 Å². The SMILES string of the molecule is CC1(C)c2cc(-c3ccccc3)ccc2-c2ccc(N(c3ccccc3)c3ccc(-c4ccc(-c5ccc6sc7ccc8ccccc8c7c6c5)cc4)cc3)cc21. The molecule has 57 heavy (non-hydrogen) atoms. The second kappa shape index (κ2) is 13.2. The van der Waals surface area contributed by atoms with Crippen molar-refractivity contribution < 1.29 is 0 Å². The monoisotopic (exact) mass is 745 g/mol.